The highest BCUT2D eigenvalue weighted by Crippen LogP contribution is 2.24. The summed E-state index contributed by atoms with van der Waals surface area (Å²) in [4.78, 5) is 39.7. The highest BCUT2D eigenvalue weighted by molar-refractivity contribution is 8.00. The van der Waals surface area contributed by atoms with Gasteiger partial charge in [-0.15, -0.1) is 11.8 Å². The third kappa shape index (κ3) is 8.84. The van der Waals surface area contributed by atoms with E-state index in [1.165, 1.54) is 23.4 Å². The average molecular weight is 616 g/mol. The highest BCUT2D eigenvalue weighted by Gasteiger charge is 2.16. The van der Waals surface area contributed by atoms with Gasteiger partial charge in [0.05, 0.1) is 5.75 Å². The monoisotopic (exact) mass is 615 g/mol. The molecule has 0 saturated carbocycles. The number of hydrogen-bond acceptors (Lipinski definition) is 5. The summed E-state index contributed by atoms with van der Waals surface area (Å²) >= 11 is 1.39. The second-order valence-corrected chi connectivity index (χ2v) is 11.6. The summed E-state index contributed by atoms with van der Waals surface area (Å²) in [5, 5.41) is 8.49. The number of rotatable bonds is 11. The van der Waals surface area contributed by atoms with Crippen molar-refractivity contribution in [1.29, 1.82) is 0 Å². The Kier molecular flexibility index (Phi) is 10.3. The van der Waals surface area contributed by atoms with E-state index < -0.39 is 11.8 Å². The van der Waals surface area contributed by atoms with Crippen LogP contribution in [0.2, 0.25) is 0 Å². The van der Waals surface area contributed by atoms with Crippen LogP contribution in [-0.2, 0) is 9.59 Å². The van der Waals surface area contributed by atoms with Crippen LogP contribution in [0.25, 0.3) is 17.4 Å². The fourth-order valence-electron chi connectivity index (χ4n) is 4.40. The van der Waals surface area contributed by atoms with Gasteiger partial charge in [0, 0.05) is 33.5 Å². The largest absolute Gasteiger partial charge is 0.457 e. The molecule has 8 heteroatoms. The number of benzene rings is 4. The van der Waals surface area contributed by atoms with Crippen LogP contribution >= 0.6 is 11.8 Å². The maximum atomic E-state index is 13.4. The van der Waals surface area contributed by atoms with Crippen LogP contribution in [0.1, 0.15) is 41.4 Å². The molecular weight excluding hydrogens is 582 g/mol. The quantitative estimate of drug-likeness (QED) is 0.103. The Hall–Kier alpha value is -5.34. The molecule has 0 fully saturated rings. The lowest BCUT2D eigenvalue weighted by atomic mass is 10.0. The average Bonchev–Trinajstić information content (AvgIpc) is 3.54. The Bertz CT molecular complexity index is 1780. The fourth-order valence-corrected chi connectivity index (χ4v) is 5.10. The number of amides is 3. The molecule has 0 atom stereocenters. The van der Waals surface area contributed by atoms with E-state index in [4.69, 9.17) is 4.42 Å². The van der Waals surface area contributed by atoms with Crippen molar-refractivity contribution in [1.82, 2.24) is 5.32 Å². The molecule has 0 aliphatic rings. The van der Waals surface area contributed by atoms with Crippen LogP contribution in [0.15, 0.2) is 136 Å². The van der Waals surface area contributed by atoms with E-state index in [-0.39, 0.29) is 17.4 Å². The molecule has 0 unspecified atom stereocenters. The number of anilines is 2. The van der Waals surface area contributed by atoms with E-state index in [9.17, 15) is 14.4 Å². The van der Waals surface area contributed by atoms with Gasteiger partial charge in [0.2, 0.25) is 5.91 Å². The Labute approximate surface area is 266 Å². The van der Waals surface area contributed by atoms with Crippen molar-refractivity contribution in [2.24, 2.45) is 0 Å². The zero-order chi connectivity index (χ0) is 31.6. The summed E-state index contributed by atoms with van der Waals surface area (Å²) < 4.78 is 5.96. The molecule has 3 amide bonds. The first-order chi connectivity index (χ1) is 21.8. The van der Waals surface area contributed by atoms with Gasteiger partial charge in [-0.2, -0.15) is 0 Å². The minimum absolute atomic E-state index is 0.0226. The van der Waals surface area contributed by atoms with Crippen LogP contribution < -0.4 is 16.0 Å². The van der Waals surface area contributed by atoms with Gasteiger partial charge in [0.25, 0.3) is 11.8 Å². The number of carbonyl (C=O) groups excluding carboxylic acids is 3. The van der Waals surface area contributed by atoms with Crippen molar-refractivity contribution in [2.75, 3.05) is 16.4 Å². The Balaban J connectivity index is 1.23. The van der Waals surface area contributed by atoms with E-state index >= 15 is 0 Å². The molecule has 0 saturated heterocycles. The van der Waals surface area contributed by atoms with Crippen molar-refractivity contribution >= 4 is 46.9 Å². The molecule has 0 aliphatic heterocycles. The third-order valence-corrected chi connectivity index (χ3v) is 7.86. The summed E-state index contributed by atoms with van der Waals surface area (Å²) in [5.41, 5.74) is 3.84. The molecular formula is C37H33N3O4S. The van der Waals surface area contributed by atoms with Gasteiger partial charge in [-0.05, 0) is 72.1 Å². The molecule has 0 bridgehead atoms. The second kappa shape index (κ2) is 14.9. The van der Waals surface area contributed by atoms with E-state index in [0.717, 1.165) is 16.1 Å². The lowest BCUT2D eigenvalue weighted by Crippen LogP contribution is -2.30. The summed E-state index contributed by atoms with van der Waals surface area (Å²) in [6.07, 6.45) is 1.50. The summed E-state index contributed by atoms with van der Waals surface area (Å²) in [6.45, 7) is 4.26. The molecule has 7 nitrogen and oxygen atoms in total. The predicted octanol–water partition coefficient (Wildman–Crippen LogP) is 8.21. The number of carbonyl (C=O) groups is 3. The van der Waals surface area contributed by atoms with Crippen LogP contribution in [0.5, 0.6) is 0 Å². The van der Waals surface area contributed by atoms with Crippen molar-refractivity contribution in [3.63, 3.8) is 0 Å². The number of hydrogen-bond donors (Lipinski definition) is 3. The normalized spacial score (nSPS) is 11.2. The highest BCUT2D eigenvalue weighted by atomic mass is 32.2. The van der Waals surface area contributed by atoms with Crippen molar-refractivity contribution in [3.05, 3.63) is 144 Å². The Morgan fingerprint density at radius 2 is 1.36 bits per heavy atom. The standard InChI is InChI=1S/C37H33N3O4S/c1-25(2)26-13-15-29(16-14-26)38-35(41)24-45-32-20-17-30(18-21-32)39-37(43)33(40-36(42)28-11-7-4-8-12-28)23-31-19-22-34(44-31)27-9-5-3-6-10-27/h3-23,25H,24H2,1-2H3,(H,38,41)(H,39,43)(H,40,42). The molecule has 5 aromatic rings. The summed E-state index contributed by atoms with van der Waals surface area (Å²) in [6, 6.07) is 36.8. The van der Waals surface area contributed by atoms with Gasteiger partial charge in [-0.3, -0.25) is 14.4 Å². The smallest absolute Gasteiger partial charge is 0.272 e. The molecule has 0 aliphatic carbocycles. The Morgan fingerprint density at radius 3 is 2.02 bits per heavy atom. The summed E-state index contributed by atoms with van der Waals surface area (Å²) in [5.74, 6) is 0.678. The molecule has 3 N–H and O–H groups in total. The van der Waals surface area contributed by atoms with Gasteiger partial charge in [-0.1, -0.05) is 74.5 Å². The molecule has 226 valence electrons. The number of furan rings is 1. The van der Waals surface area contributed by atoms with E-state index in [0.29, 0.717) is 28.7 Å². The zero-order valence-corrected chi connectivity index (χ0v) is 25.8. The van der Waals surface area contributed by atoms with Gasteiger partial charge >= 0.3 is 0 Å². The minimum Gasteiger partial charge on any atom is -0.457 e. The molecule has 0 radical (unpaired) electrons. The van der Waals surface area contributed by atoms with Gasteiger partial charge in [0.15, 0.2) is 0 Å². The van der Waals surface area contributed by atoms with Crippen LogP contribution in [-0.4, -0.2) is 23.5 Å². The SMILES string of the molecule is CC(C)c1ccc(NC(=O)CSc2ccc(NC(=O)C(=Cc3ccc(-c4ccccc4)o3)NC(=O)c3ccccc3)cc2)cc1. The maximum absolute atomic E-state index is 13.4. The van der Waals surface area contributed by atoms with Crippen molar-refractivity contribution in [2.45, 2.75) is 24.7 Å². The molecule has 0 spiro atoms. The Morgan fingerprint density at radius 1 is 0.733 bits per heavy atom. The lowest BCUT2D eigenvalue weighted by molar-refractivity contribution is -0.114. The van der Waals surface area contributed by atoms with Crippen LogP contribution in [0, 0.1) is 0 Å². The first-order valence-corrected chi connectivity index (χ1v) is 15.5. The molecule has 1 heterocycles. The van der Waals surface area contributed by atoms with Crippen molar-refractivity contribution in [3.8, 4) is 11.3 Å². The minimum atomic E-state index is -0.514. The van der Waals surface area contributed by atoms with E-state index in [2.05, 4.69) is 29.8 Å². The van der Waals surface area contributed by atoms with Crippen LogP contribution in [0.3, 0.4) is 0 Å². The van der Waals surface area contributed by atoms with E-state index in [1.54, 1.807) is 42.5 Å². The fraction of sp³-hybridized carbons (Fsp3) is 0.108. The predicted molar refractivity (Wildman–Crippen MR) is 181 cm³/mol. The topological polar surface area (TPSA) is 100 Å². The lowest BCUT2D eigenvalue weighted by Gasteiger charge is -2.11. The maximum Gasteiger partial charge on any atom is 0.272 e. The number of nitrogens with one attached hydrogen (secondary N) is 3. The molecule has 1 aromatic heterocycles. The van der Waals surface area contributed by atoms with Gasteiger partial charge in [0.1, 0.15) is 17.2 Å². The number of thioether (sulfide) groups is 1. The summed E-state index contributed by atoms with van der Waals surface area (Å²) in [7, 11) is 0. The van der Waals surface area contributed by atoms with Crippen LogP contribution in [0.4, 0.5) is 11.4 Å². The zero-order valence-electron chi connectivity index (χ0n) is 25.0. The first kappa shape index (κ1) is 31.1. The molecule has 5 rings (SSSR count). The van der Waals surface area contributed by atoms with E-state index in [1.807, 2.05) is 78.9 Å². The molecule has 4 aromatic carbocycles. The third-order valence-electron chi connectivity index (χ3n) is 6.84. The van der Waals surface area contributed by atoms with Crippen molar-refractivity contribution < 1.29 is 18.8 Å². The molecule has 45 heavy (non-hydrogen) atoms. The van der Waals surface area contributed by atoms with Gasteiger partial charge < -0.3 is 20.4 Å². The van der Waals surface area contributed by atoms with Gasteiger partial charge in [-0.25, -0.2) is 0 Å². The first-order valence-electron chi connectivity index (χ1n) is 14.5. The second-order valence-electron chi connectivity index (χ2n) is 10.5.